The van der Waals surface area contributed by atoms with Gasteiger partial charge in [-0.05, 0) is 84.4 Å². The van der Waals surface area contributed by atoms with Crippen molar-refractivity contribution in [2.45, 2.75) is 98.3 Å². The lowest BCUT2D eigenvalue weighted by Crippen LogP contribution is -2.47. The van der Waals surface area contributed by atoms with Crippen LogP contribution in [0.2, 0.25) is 0 Å². The first-order valence-electron chi connectivity index (χ1n) is 13.1. The van der Waals surface area contributed by atoms with Crippen LogP contribution in [-0.2, 0) is 5.41 Å². The normalized spacial score (nSPS) is 14.9. The van der Waals surface area contributed by atoms with Crippen LogP contribution in [0.4, 0.5) is 0 Å². The van der Waals surface area contributed by atoms with Gasteiger partial charge in [0, 0.05) is 37.3 Å². The molecular formula is C31H47N3. The molecule has 3 heteroatoms. The summed E-state index contributed by atoms with van der Waals surface area (Å²) in [6.07, 6.45) is 0.829. The monoisotopic (exact) mass is 461 g/mol. The van der Waals surface area contributed by atoms with Gasteiger partial charge in [0.25, 0.3) is 0 Å². The van der Waals surface area contributed by atoms with Crippen LogP contribution in [0.3, 0.4) is 0 Å². The molecule has 0 N–H and O–H groups in total. The lowest BCUT2D eigenvalue weighted by atomic mass is 9.69. The van der Waals surface area contributed by atoms with Crippen molar-refractivity contribution in [2.24, 2.45) is 5.92 Å². The molecule has 0 saturated carbocycles. The molecule has 0 aliphatic heterocycles. The molecule has 0 bridgehead atoms. The minimum atomic E-state index is -0.542. The first-order chi connectivity index (χ1) is 16.0. The summed E-state index contributed by atoms with van der Waals surface area (Å²) in [4.78, 5) is 5.04. The molecule has 2 rings (SSSR count). The van der Waals surface area contributed by atoms with E-state index >= 15 is 0 Å². The third-order valence-corrected chi connectivity index (χ3v) is 7.45. The van der Waals surface area contributed by atoms with Gasteiger partial charge in [0.2, 0.25) is 0 Å². The van der Waals surface area contributed by atoms with Crippen LogP contribution >= 0.6 is 0 Å². The molecule has 2 aromatic carbocycles. The van der Waals surface area contributed by atoms with E-state index in [1.807, 2.05) is 6.07 Å². The molecule has 2 atom stereocenters. The van der Waals surface area contributed by atoms with E-state index in [1.54, 1.807) is 0 Å². The van der Waals surface area contributed by atoms with Gasteiger partial charge in [0.1, 0.15) is 0 Å². The van der Waals surface area contributed by atoms with Gasteiger partial charge < -0.3 is 0 Å². The Bertz CT molecular complexity index is 877. The molecule has 3 nitrogen and oxygen atoms in total. The van der Waals surface area contributed by atoms with Crippen molar-refractivity contribution in [1.29, 1.82) is 5.26 Å². The third-order valence-electron chi connectivity index (χ3n) is 7.45. The van der Waals surface area contributed by atoms with Gasteiger partial charge in [-0.2, -0.15) is 5.26 Å². The highest BCUT2D eigenvalue weighted by Gasteiger charge is 2.40. The molecule has 0 radical (unpaired) electrons. The van der Waals surface area contributed by atoms with Gasteiger partial charge in [0.05, 0.1) is 11.5 Å². The van der Waals surface area contributed by atoms with Crippen molar-refractivity contribution in [2.75, 3.05) is 13.1 Å². The van der Waals surface area contributed by atoms with Crippen molar-refractivity contribution >= 4 is 0 Å². The second-order valence-corrected chi connectivity index (χ2v) is 11.0. The zero-order valence-electron chi connectivity index (χ0n) is 23.0. The standard InChI is InChI=1S/C31H47N3/c1-23(2)33(24(3)4)20-19-31(22-32,27(9)21-34(25(5)6)26(7)8)30-17-15-29(16-18-30)28-13-11-10-12-14-28/h10-18,23-27H,19-21H2,1-9H3. The zero-order valence-corrected chi connectivity index (χ0v) is 23.0. The topological polar surface area (TPSA) is 30.3 Å². The van der Waals surface area contributed by atoms with Crippen molar-refractivity contribution in [3.8, 4) is 17.2 Å². The number of benzene rings is 2. The Morgan fingerprint density at radius 1 is 0.676 bits per heavy atom. The highest BCUT2D eigenvalue weighted by molar-refractivity contribution is 5.64. The Kier molecular flexibility index (Phi) is 10.3. The second-order valence-electron chi connectivity index (χ2n) is 11.0. The molecule has 2 unspecified atom stereocenters. The Hall–Kier alpha value is -2.15. The fraction of sp³-hybridized carbons (Fsp3) is 0.581. The molecule has 0 aliphatic rings. The zero-order chi connectivity index (χ0) is 25.5. The van der Waals surface area contributed by atoms with Crippen LogP contribution < -0.4 is 0 Å². The third kappa shape index (κ3) is 6.71. The minimum absolute atomic E-state index is 0.200. The SMILES string of the molecule is CC(C)N(CCC(C#N)(c1ccc(-c2ccccc2)cc1)C(C)CN(C(C)C)C(C)C)C(C)C. The summed E-state index contributed by atoms with van der Waals surface area (Å²) < 4.78 is 0. The van der Waals surface area contributed by atoms with Crippen LogP contribution in [0.25, 0.3) is 11.1 Å². The van der Waals surface area contributed by atoms with Crippen LogP contribution in [-0.4, -0.2) is 47.1 Å². The summed E-state index contributed by atoms with van der Waals surface area (Å²) >= 11 is 0. The first-order valence-corrected chi connectivity index (χ1v) is 13.1. The molecule has 0 saturated heterocycles. The predicted molar refractivity (Wildman–Crippen MR) is 147 cm³/mol. The van der Waals surface area contributed by atoms with E-state index in [0.29, 0.717) is 24.2 Å². The molecule has 0 fully saturated rings. The largest absolute Gasteiger partial charge is 0.298 e. The molecule has 0 spiro atoms. The maximum atomic E-state index is 10.8. The maximum absolute atomic E-state index is 10.8. The van der Waals surface area contributed by atoms with Gasteiger partial charge in [-0.1, -0.05) is 61.5 Å². The summed E-state index contributed by atoms with van der Waals surface area (Å²) in [5, 5.41) is 10.8. The number of nitrogens with zero attached hydrogens (tertiary/aromatic N) is 3. The van der Waals surface area contributed by atoms with Gasteiger partial charge in [-0.3, -0.25) is 9.80 Å². The van der Waals surface area contributed by atoms with E-state index in [4.69, 9.17) is 0 Å². The van der Waals surface area contributed by atoms with Crippen molar-refractivity contribution in [1.82, 2.24) is 9.80 Å². The quantitative estimate of drug-likeness (QED) is 0.330. The summed E-state index contributed by atoms with van der Waals surface area (Å²) in [6.45, 7) is 22.2. The number of nitriles is 1. The van der Waals surface area contributed by atoms with Crippen LogP contribution in [0, 0.1) is 17.2 Å². The van der Waals surface area contributed by atoms with Crippen molar-refractivity contribution in [3.63, 3.8) is 0 Å². The Morgan fingerprint density at radius 2 is 1.15 bits per heavy atom. The lowest BCUT2D eigenvalue weighted by Gasteiger charge is -2.41. The summed E-state index contributed by atoms with van der Waals surface area (Å²) in [5.41, 5.74) is 3.00. The van der Waals surface area contributed by atoms with Crippen LogP contribution in [0.1, 0.15) is 74.3 Å². The molecule has 0 aromatic heterocycles. The number of rotatable bonds is 12. The minimum Gasteiger partial charge on any atom is -0.298 e. The average molecular weight is 462 g/mol. The second kappa shape index (κ2) is 12.5. The maximum Gasteiger partial charge on any atom is 0.0872 e. The summed E-state index contributed by atoms with van der Waals surface area (Å²) in [6, 6.07) is 23.9. The fourth-order valence-corrected chi connectivity index (χ4v) is 5.40. The number of hydrogen-bond donors (Lipinski definition) is 0. The van der Waals surface area contributed by atoms with E-state index in [-0.39, 0.29) is 5.92 Å². The van der Waals surface area contributed by atoms with Gasteiger partial charge in [-0.25, -0.2) is 0 Å². The van der Waals surface area contributed by atoms with Crippen LogP contribution in [0.5, 0.6) is 0 Å². The lowest BCUT2D eigenvalue weighted by molar-refractivity contribution is 0.113. The van der Waals surface area contributed by atoms with E-state index in [0.717, 1.165) is 25.1 Å². The average Bonchev–Trinajstić information content (AvgIpc) is 2.80. The molecule has 0 amide bonds. The van der Waals surface area contributed by atoms with Crippen LogP contribution in [0.15, 0.2) is 54.6 Å². The highest BCUT2D eigenvalue weighted by atomic mass is 15.2. The molecule has 0 heterocycles. The predicted octanol–water partition coefficient (Wildman–Crippen LogP) is 7.38. The molecule has 2 aromatic rings. The fourth-order valence-electron chi connectivity index (χ4n) is 5.40. The molecule has 0 aliphatic carbocycles. The number of hydrogen-bond acceptors (Lipinski definition) is 3. The van der Waals surface area contributed by atoms with E-state index in [2.05, 4.69) is 127 Å². The van der Waals surface area contributed by atoms with Gasteiger partial charge in [-0.15, -0.1) is 0 Å². The molecular weight excluding hydrogens is 414 g/mol. The van der Waals surface area contributed by atoms with E-state index in [9.17, 15) is 5.26 Å². The van der Waals surface area contributed by atoms with E-state index < -0.39 is 5.41 Å². The van der Waals surface area contributed by atoms with Gasteiger partial charge in [0.15, 0.2) is 0 Å². The van der Waals surface area contributed by atoms with E-state index in [1.165, 1.54) is 11.1 Å². The highest BCUT2D eigenvalue weighted by Crippen LogP contribution is 2.38. The Balaban J connectivity index is 2.47. The summed E-state index contributed by atoms with van der Waals surface area (Å²) in [7, 11) is 0. The Labute approximate surface area is 209 Å². The smallest absolute Gasteiger partial charge is 0.0872 e. The molecule has 34 heavy (non-hydrogen) atoms. The van der Waals surface area contributed by atoms with Crippen molar-refractivity contribution in [3.05, 3.63) is 60.2 Å². The first kappa shape index (κ1) is 28.1. The summed E-state index contributed by atoms with van der Waals surface area (Å²) in [5.74, 6) is 0.200. The van der Waals surface area contributed by atoms with Gasteiger partial charge >= 0.3 is 0 Å². The molecule has 186 valence electrons. The van der Waals surface area contributed by atoms with Crippen molar-refractivity contribution < 1.29 is 0 Å². The Morgan fingerprint density at radius 3 is 1.59 bits per heavy atom.